The van der Waals surface area contributed by atoms with E-state index in [0.29, 0.717) is 17.6 Å². The molecule has 1 unspecified atom stereocenters. The quantitative estimate of drug-likeness (QED) is 0.350. The molecular formula is C26H29N9O. The average Bonchev–Trinajstić information content (AvgIpc) is 3.45. The van der Waals surface area contributed by atoms with Crippen LogP contribution in [-0.2, 0) is 11.8 Å². The second kappa shape index (κ2) is 8.87. The van der Waals surface area contributed by atoms with Crippen molar-refractivity contribution >= 4 is 45.2 Å². The van der Waals surface area contributed by atoms with Crippen molar-refractivity contribution in [3.8, 4) is 0 Å². The van der Waals surface area contributed by atoms with E-state index in [1.807, 2.05) is 43.9 Å². The van der Waals surface area contributed by atoms with Crippen molar-refractivity contribution < 1.29 is 4.74 Å². The highest BCUT2D eigenvalue weighted by Crippen LogP contribution is 2.34. The number of anilines is 4. The minimum atomic E-state index is -0.0198. The van der Waals surface area contributed by atoms with Gasteiger partial charge in [-0.05, 0) is 63.3 Å². The fraction of sp³-hybridized carbons (Fsp3) is 0.346. The Balaban J connectivity index is 1.33. The van der Waals surface area contributed by atoms with E-state index in [1.54, 1.807) is 10.9 Å². The topological polar surface area (TPSA) is 108 Å². The van der Waals surface area contributed by atoms with Crippen LogP contribution in [0.15, 0.2) is 36.7 Å². The summed E-state index contributed by atoms with van der Waals surface area (Å²) in [6.45, 7) is 6.88. The molecule has 0 saturated carbocycles. The summed E-state index contributed by atoms with van der Waals surface area (Å²) in [5.74, 6) is 1.87. The van der Waals surface area contributed by atoms with E-state index in [-0.39, 0.29) is 6.23 Å². The summed E-state index contributed by atoms with van der Waals surface area (Å²) in [5.41, 5.74) is 5.94. The standard InChI is InChI=1S/C26H29N9O/c1-15-9-11-21(29-17(15)3)30-26-27-13-19-24(33-34(4)25(19)32-26)31-23-16(2)8-10-20-18(23)14-28-35(20)22-7-5-6-12-36-22/h8-11,13-14,22H,5-7,12H2,1-4H3,(H,31,33)(H,27,29,30,32). The predicted octanol–water partition coefficient (Wildman–Crippen LogP) is 5.22. The van der Waals surface area contributed by atoms with Crippen LogP contribution in [-0.4, -0.2) is 41.1 Å². The number of fused-ring (bicyclic) bond motifs is 2. The van der Waals surface area contributed by atoms with Crippen LogP contribution in [0.2, 0.25) is 0 Å². The van der Waals surface area contributed by atoms with Crippen LogP contribution in [0.25, 0.3) is 21.9 Å². The third-order valence-corrected chi connectivity index (χ3v) is 6.83. The maximum atomic E-state index is 5.98. The zero-order chi connectivity index (χ0) is 24.8. The van der Waals surface area contributed by atoms with E-state index in [4.69, 9.17) is 14.8 Å². The lowest BCUT2D eigenvalue weighted by Crippen LogP contribution is -2.18. The fourth-order valence-electron chi connectivity index (χ4n) is 4.67. The van der Waals surface area contributed by atoms with Gasteiger partial charge in [0.1, 0.15) is 5.82 Å². The van der Waals surface area contributed by atoms with Crippen molar-refractivity contribution in [3.05, 3.63) is 53.5 Å². The van der Waals surface area contributed by atoms with E-state index < -0.39 is 0 Å². The van der Waals surface area contributed by atoms with Crippen LogP contribution < -0.4 is 10.6 Å². The van der Waals surface area contributed by atoms with Gasteiger partial charge in [-0.25, -0.2) is 19.3 Å². The Hall–Kier alpha value is -4.05. The number of nitrogens with one attached hydrogen (secondary N) is 2. The number of aryl methyl sites for hydroxylation is 4. The summed E-state index contributed by atoms with van der Waals surface area (Å²) in [6.07, 6.45) is 6.91. The zero-order valence-corrected chi connectivity index (χ0v) is 20.9. The Kier molecular flexibility index (Phi) is 5.52. The van der Waals surface area contributed by atoms with Crippen molar-refractivity contribution in [3.63, 3.8) is 0 Å². The molecule has 36 heavy (non-hydrogen) atoms. The maximum Gasteiger partial charge on any atom is 0.230 e. The highest BCUT2D eigenvalue weighted by molar-refractivity contribution is 5.98. The second-order valence-electron chi connectivity index (χ2n) is 9.35. The Morgan fingerprint density at radius 1 is 0.944 bits per heavy atom. The molecule has 0 radical (unpaired) electrons. The number of hydrogen-bond donors (Lipinski definition) is 2. The van der Waals surface area contributed by atoms with Crippen LogP contribution in [0.1, 0.15) is 42.3 Å². The zero-order valence-electron chi connectivity index (χ0n) is 20.9. The van der Waals surface area contributed by atoms with Gasteiger partial charge in [0.2, 0.25) is 5.95 Å². The van der Waals surface area contributed by atoms with E-state index >= 15 is 0 Å². The molecule has 6 rings (SSSR count). The van der Waals surface area contributed by atoms with Crippen molar-refractivity contribution in [2.24, 2.45) is 7.05 Å². The normalized spacial score (nSPS) is 16.1. The molecule has 5 heterocycles. The summed E-state index contributed by atoms with van der Waals surface area (Å²) < 4.78 is 9.74. The molecule has 1 aromatic carbocycles. The van der Waals surface area contributed by atoms with E-state index in [2.05, 4.69) is 44.8 Å². The number of nitrogens with zero attached hydrogens (tertiary/aromatic N) is 7. The van der Waals surface area contributed by atoms with Gasteiger partial charge in [-0.2, -0.15) is 15.2 Å². The molecular weight excluding hydrogens is 454 g/mol. The lowest BCUT2D eigenvalue weighted by Gasteiger charge is -2.23. The molecule has 4 aromatic heterocycles. The van der Waals surface area contributed by atoms with Crippen molar-refractivity contribution in [1.29, 1.82) is 0 Å². The van der Waals surface area contributed by atoms with Crippen LogP contribution in [0.3, 0.4) is 0 Å². The first kappa shape index (κ1) is 22.4. The Labute approximate surface area is 208 Å². The molecule has 10 nitrogen and oxygen atoms in total. The Morgan fingerprint density at radius 2 is 1.81 bits per heavy atom. The third kappa shape index (κ3) is 3.93. The lowest BCUT2D eigenvalue weighted by atomic mass is 10.1. The number of aromatic nitrogens is 7. The first-order chi connectivity index (χ1) is 17.5. The molecule has 184 valence electrons. The monoisotopic (exact) mass is 483 g/mol. The molecule has 1 saturated heterocycles. The van der Waals surface area contributed by atoms with Gasteiger partial charge in [0.25, 0.3) is 0 Å². The molecule has 5 aromatic rings. The first-order valence-corrected chi connectivity index (χ1v) is 12.2. The molecule has 2 N–H and O–H groups in total. The van der Waals surface area contributed by atoms with Crippen molar-refractivity contribution in [2.75, 3.05) is 17.2 Å². The van der Waals surface area contributed by atoms with Gasteiger partial charge in [0, 0.05) is 30.9 Å². The minimum absolute atomic E-state index is 0.0198. The summed E-state index contributed by atoms with van der Waals surface area (Å²) in [4.78, 5) is 13.8. The van der Waals surface area contributed by atoms with Crippen LogP contribution in [0.4, 0.5) is 23.3 Å². The molecule has 1 fully saturated rings. The largest absolute Gasteiger partial charge is 0.356 e. The average molecular weight is 484 g/mol. The summed E-state index contributed by atoms with van der Waals surface area (Å²) >= 11 is 0. The number of benzene rings is 1. The van der Waals surface area contributed by atoms with E-state index in [9.17, 15) is 0 Å². The molecule has 10 heteroatoms. The fourth-order valence-corrected chi connectivity index (χ4v) is 4.67. The SMILES string of the molecule is Cc1ccc(Nc2ncc3c(Nc4c(C)ccc5c4cnn5C4CCCCO4)nn(C)c3n2)nc1C. The van der Waals surface area contributed by atoms with Gasteiger partial charge in [-0.3, -0.25) is 0 Å². The Bertz CT molecular complexity index is 1580. The molecule has 1 aliphatic heterocycles. The molecule has 1 aliphatic rings. The lowest BCUT2D eigenvalue weighted by molar-refractivity contribution is -0.0366. The maximum absolute atomic E-state index is 5.98. The molecule has 0 spiro atoms. The summed E-state index contributed by atoms with van der Waals surface area (Å²) in [7, 11) is 1.88. The molecule has 1 atom stereocenters. The van der Waals surface area contributed by atoms with Gasteiger partial charge >= 0.3 is 0 Å². The van der Waals surface area contributed by atoms with E-state index in [1.165, 1.54) is 0 Å². The van der Waals surface area contributed by atoms with Crippen molar-refractivity contribution in [1.82, 2.24) is 34.5 Å². The number of hydrogen-bond acceptors (Lipinski definition) is 8. The van der Waals surface area contributed by atoms with Gasteiger partial charge in [-0.1, -0.05) is 12.1 Å². The minimum Gasteiger partial charge on any atom is -0.356 e. The summed E-state index contributed by atoms with van der Waals surface area (Å²) in [6, 6.07) is 8.17. The highest BCUT2D eigenvalue weighted by Gasteiger charge is 2.21. The number of rotatable bonds is 5. The molecule has 0 bridgehead atoms. The first-order valence-electron chi connectivity index (χ1n) is 12.2. The number of pyridine rings is 1. The smallest absolute Gasteiger partial charge is 0.230 e. The van der Waals surface area contributed by atoms with Crippen LogP contribution in [0.5, 0.6) is 0 Å². The summed E-state index contributed by atoms with van der Waals surface area (Å²) in [5, 5.41) is 18.0. The third-order valence-electron chi connectivity index (χ3n) is 6.83. The van der Waals surface area contributed by atoms with Crippen LogP contribution >= 0.6 is 0 Å². The molecule has 0 amide bonds. The van der Waals surface area contributed by atoms with E-state index in [0.717, 1.165) is 70.3 Å². The van der Waals surface area contributed by atoms with Gasteiger partial charge in [0.15, 0.2) is 17.7 Å². The molecule has 0 aliphatic carbocycles. The number of ether oxygens (including phenoxy) is 1. The van der Waals surface area contributed by atoms with Crippen molar-refractivity contribution in [2.45, 2.75) is 46.3 Å². The second-order valence-corrected chi connectivity index (χ2v) is 9.35. The van der Waals surface area contributed by atoms with Gasteiger partial charge in [0.05, 0.1) is 22.8 Å². The highest BCUT2D eigenvalue weighted by atomic mass is 16.5. The van der Waals surface area contributed by atoms with Gasteiger partial charge < -0.3 is 15.4 Å². The van der Waals surface area contributed by atoms with Crippen LogP contribution in [0, 0.1) is 20.8 Å². The Morgan fingerprint density at radius 3 is 2.61 bits per heavy atom. The predicted molar refractivity (Wildman–Crippen MR) is 140 cm³/mol. The van der Waals surface area contributed by atoms with Gasteiger partial charge in [-0.15, -0.1) is 0 Å².